The Bertz CT molecular complexity index is 994. The Morgan fingerprint density at radius 2 is 1.85 bits per heavy atom. The molecule has 27 heavy (non-hydrogen) atoms. The van der Waals surface area contributed by atoms with Crippen LogP contribution in [0.1, 0.15) is 11.4 Å². The lowest BCUT2D eigenvalue weighted by Crippen LogP contribution is -2.19. The van der Waals surface area contributed by atoms with Crippen molar-refractivity contribution < 1.29 is 4.79 Å². The van der Waals surface area contributed by atoms with Crippen molar-refractivity contribution in [2.45, 2.75) is 19.0 Å². The standard InChI is InChI=1S/C15H14Cl3N7OS/c1-7-3-8(2)25(23-7)14-21-22-15(24(14)19)27-6-12(26)20-13-10(17)4-9(16)5-11(13)18/h3-5H,6,19H2,1-2H3,(H,20,26). The molecular weight excluding hydrogens is 433 g/mol. The topological polar surface area (TPSA) is 104 Å². The van der Waals surface area contributed by atoms with Crippen molar-refractivity contribution in [3.63, 3.8) is 0 Å². The van der Waals surface area contributed by atoms with Gasteiger partial charge in [0.15, 0.2) is 0 Å². The van der Waals surface area contributed by atoms with E-state index in [-0.39, 0.29) is 21.7 Å². The van der Waals surface area contributed by atoms with Crippen LogP contribution in [0.15, 0.2) is 23.4 Å². The highest BCUT2D eigenvalue weighted by atomic mass is 35.5. The number of benzene rings is 1. The van der Waals surface area contributed by atoms with Crippen molar-refractivity contribution in [1.82, 2.24) is 24.7 Å². The molecule has 0 aliphatic carbocycles. The van der Waals surface area contributed by atoms with Crippen LogP contribution < -0.4 is 11.2 Å². The summed E-state index contributed by atoms with van der Waals surface area (Å²) >= 11 is 19.1. The number of carbonyl (C=O) groups excluding carboxylic acids is 1. The van der Waals surface area contributed by atoms with Crippen LogP contribution in [-0.4, -0.2) is 36.3 Å². The molecule has 2 aromatic heterocycles. The number of halogens is 3. The lowest BCUT2D eigenvalue weighted by atomic mass is 10.3. The SMILES string of the molecule is Cc1cc(C)n(-c2nnc(SCC(=O)Nc3c(Cl)cc(Cl)cc3Cl)n2N)n1. The summed E-state index contributed by atoms with van der Waals surface area (Å²) in [6, 6.07) is 4.89. The molecule has 1 amide bonds. The molecule has 0 saturated carbocycles. The minimum absolute atomic E-state index is 0.0295. The van der Waals surface area contributed by atoms with E-state index in [9.17, 15) is 4.79 Å². The number of thioether (sulfide) groups is 1. The summed E-state index contributed by atoms with van der Waals surface area (Å²) in [5.74, 6) is 6.09. The molecule has 2 heterocycles. The summed E-state index contributed by atoms with van der Waals surface area (Å²) in [5.41, 5.74) is 2.00. The first-order valence-electron chi connectivity index (χ1n) is 7.57. The Morgan fingerprint density at radius 1 is 1.19 bits per heavy atom. The molecule has 0 saturated heterocycles. The van der Waals surface area contributed by atoms with Crippen LogP contribution in [0.4, 0.5) is 5.69 Å². The quantitative estimate of drug-likeness (QED) is 0.459. The van der Waals surface area contributed by atoms with E-state index in [1.165, 1.54) is 16.8 Å². The second kappa shape index (κ2) is 7.97. The molecule has 12 heteroatoms. The molecule has 0 atom stereocenters. The Labute approximate surface area is 173 Å². The van der Waals surface area contributed by atoms with Gasteiger partial charge in [0.2, 0.25) is 11.1 Å². The second-order valence-corrected chi connectivity index (χ2v) is 7.77. The number of nitrogens with two attached hydrogens (primary N) is 1. The average Bonchev–Trinajstić information content (AvgIpc) is 3.10. The molecule has 1 aromatic carbocycles. The van der Waals surface area contributed by atoms with Gasteiger partial charge in [-0.2, -0.15) is 5.10 Å². The number of hydrogen-bond acceptors (Lipinski definition) is 6. The number of rotatable bonds is 5. The van der Waals surface area contributed by atoms with Gasteiger partial charge in [0.05, 0.1) is 27.2 Å². The maximum absolute atomic E-state index is 12.2. The maximum Gasteiger partial charge on any atom is 0.271 e. The molecule has 0 spiro atoms. The van der Waals surface area contributed by atoms with Crippen LogP contribution in [0.5, 0.6) is 0 Å². The molecule has 3 N–H and O–H groups in total. The Hall–Kier alpha value is -1.94. The molecule has 0 radical (unpaired) electrons. The zero-order chi connectivity index (χ0) is 19.7. The molecular formula is C15H14Cl3N7OS. The molecule has 3 aromatic rings. The van der Waals surface area contributed by atoms with E-state index in [1.807, 2.05) is 19.9 Å². The Balaban J connectivity index is 1.69. The fraction of sp³-hybridized carbons (Fsp3) is 0.200. The van der Waals surface area contributed by atoms with Gasteiger partial charge in [0.1, 0.15) is 0 Å². The predicted molar refractivity (Wildman–Crippen MR) is 108 cm³/mol. The number of nitrogens with zero attached hydrogens (tertiary/aromatic N) is 5. The van der Waals surface area contributed by atoms with Gasteiger partial charge >= 0.3 is 0 Å². The van der Waals surface area contributed by atoms with Crippen molar-refractivity contribution in [2.24, 2.45) is 0 Å². The van der Waals surface area contributed by atoms with E-state index in [0.29, 0.717) is 21.8 Å². The van der Waals surface area contributed by atoms with Crippen LogP contribution in [0.25, 0.3) is 5.95 Å². The molecule has 8 nitrogen and oxygen atoms in total. The van der Waals surface area contributed by atoms with E-state index < -0.39 is 0 Å². The van der Waals surface area contributed by atoms with Crippen molar-refractivity contribution in [2.75, 3.05) is 16.9 Å². The van der Waals surface area contributed by atoms with Gasteiger partial charge in [0, 0.05) is 10.7 Å². The monoisotopic (exact) mass is 445 g/mol. The lowest BCUT2D eigenvalue weighted by molar-refractivity contribution is -0.113. The maximum atomic E-state index is 12.2. The van der Waals surface area contributed by atoms with Crippen LogP contribution in [-0.2, 0) is 4.79 Å². The molecule has 0 bridgehead atoms. The van der Waals surface area contributed by atoms with E-state index >= 15 is 0 Å². The highest BCUT2D eigenvalue weighted by molar-refractivity contribution is 7.99. The minimum atomic E-state index is -0.332. The predicted octanol–water partition coefficient (Wildman–Crippen LogP) is 3.49. The van der Waals surface area contributed by atoms with Crippen molar-refractivity contribution >= 4 is 58.2 Å². The van der Waals surface area contributed by atoms with Gasteiger partial charge in [0.25, 0.3) is 5.95 Å². The molecule has 0 aliphatic heterocycles. The number of nitrogen functional groups attached to an aromatic ring is 1. The van der Waals surface area contributed by atoms with E-state index in [1.54, 1.807) is 4.68 Å². The third-order valence-corrected chi connectivity index (χ3v) is 5.21. The Morgan fingerprint density at radius 3 is 2.44 bits per heavy atom. The normalized spacial score (nSPS) is 11.0. The zero-order valence-electron chi connectivity index (χ0n) is 14.2. The number of aromatic nitrogens is 5. The van der Waals surface area contributed by atoms with Gasteiger partial charge in [-0.3, -0.25) is 4.79 Å². The molecule has 142 valence electrons. The summed E-state index contributed by atoms with van der Waals surface area (Å²) < 4.78 is 2.86. The highest BCUT2D eigenvalue weighted by Crippen LogP contribution is 2.33. The van der Waals surface area contributed by atoms with E-state index in [4.69, 9.17) is 40.6 Å². The van der Waals surface area contributed by atoms with Gasteiger partial charge in [-0.05, 0) is 32.0 Å². The van der Waals surface area contributed by atoms with Crippen molar-refractivity contribution in [3.8, 4) is 5.95 Å². The Kier molecular flexibility index (Phi) is 5.85. The smallest absolute Gasteiger partial charge is 0.271 e. The van der Waals surface area contributed by atoms with Crippen LogP contribution in [0.3, 0.4) is 0 Å². The zero-order valence-corrected chi connectivity index (χ0v) is 17.3. The summed E-state index contributed by atoms with van der Waals surface area (Å²) in [4.78, 5) is 12.2. The van der Waals surface area contributed by atoms with Crippen molar-refractivity contribution in [1.29, 1.82) is 0 Å². The van der Waals surface area contributed by atoms with Crippen LogP contribution in [0.2, 0.25) is 15.1 Å². The average molecular weight is 447 g/mol. The summed E-state index contributed by atoms with van der Waals surface area (Å²) in [6.07, 6.45) is 0. The molecule has 0 fully saturated rings. The van der Waals surface area contributed by atoms with Gasteiger partial charge in [-0.1, -0.05) is 46.6 Å². The molecule has 0 aliphatic rings. The number of aryl methyl sites for hydroxylation is 2. The number of hydrogen-bond donors (Lipinski definition) is 2. The fourth-order valence-electron chi connectivity index (χ4n) is 2.31. The summed E-state index contributed by atoms with van der Waals surface area (Å²) in [7, 11) is 0. The van der Waals surface area contributed by atoms with Gasteiger partial charge < -0.3 is 11.2 Å². The summed E-state index contributed by atoms with van der Waals surface area (Å²) in [6.45, 7) is 3.75. The highest BCUT2D eigenvalue weighted by Gasteiger charge is 2.17. The number of carbonyl (C=O) groups is 1. The van der Waals surface area contributed by atoms with Crippen LogP contribution >= 0.6 is 46.6 Å². The first-order valence-corrected chi connectivity index (χ1v) is 9.69. The first-order chi connectivity index (χ1) is 12.8. The second-order valence-electron chi connectivity index (χ2n) is 5.57. The van der Waals surface area contributed by atoms with Crippen molar-refractivity contribution in [3.05, 3.63) is 44.7 Å². The number of nitrogens with one attached hydrogen (secondary N) is 1. The van der Waals surface area contributed by atoms with Gasteiger partial charge in [-0.25, -0.2) is 9.36 Å². The molecule has 3 rings (SSSR count). The fourth-order valence-corrected chi connectivity index (χ4v) is 3.87. The third-order valence-electron chi connectivity index (χ3n) is 3.45. The minimum Gasteiger partial charge on any atom is -0.334 e. The van der Waals surface area contributed by atoms with Gasteiger partial charge in [-0.15, -0.1) is 10.2 Å². The number of anilines is 1. The third kappa shape index (κ3) is 4.32. The van der Waals surface area contributed by atoms with Crippen LogP contribution in [0, 0.1) is 13.8 Å². The number of amides is 1. The summed E-state index contributed by atoms with van der Waals surface area (Å²) in [5, 5.41) is 16.3. The van der Waals surface area contributed by atoms with E-state index in [0.717, 1.165) is 23.1 Å². The lowest BCUT2D eigenvalue weighted by Gasteiger charge is -2.09. The molecule has 0 unspecified atom stereocenters. The van der Waals surface area contributed by atoms with E-state index in [2.05, 4.69) is 20.6 Å². The largest absolute Gasteiger partial charge is 0.334 e. The first kappa shape index (κ1) is 19.8.